The third-order valence-electron chi connectivity index (χ3n) is 11.5. The van der Waals surface area contributed by atoms with Crippen LogP contribution in [0.2, 0.25) is 0 Å². The van der Waals surface area contributed by atoms with E-state index in [1.165, 1.54) is 49.4 Å². The number of allylic oxidation sites excluding steroid dienone is 4. The molecule has 0 atom stereocenters. The Labute approximate surface area is 318 Å². The summed E-state index contributed by atoms with van der Waals surface area (Å²) in [4.78, 5) is 9.79. The monoisotopic (exact) mass is 707 g/mol. The molecule has 0 N–H and O–H groups in total. The summed E-state index contributed by atoms with van der Waals surface area (Å²) in [6, 6.07) is 50.1. The molecule has 0 bridgehead atoms. The van der Waals surface area contributed by atoms with Crippen LogP contribution in [0.25, 0.3) is 87.8 Å². The summed E-state index contributed by atoms with van der Waals surface area (Å²) in [5.74, 6) is 1.09. The van der Waals surface area contributed by atoms with Gasteiger partial charge in [0, 0.05) is 34.5 Å². The molecule has 0 saturated carbocycles. The Hall–Kier alpha value is -6.78. The Balaban J connectivity index is 1.03. The predicted octanol–water partition coefficient (Wildman–Crippen LogP) is 13.5. The first kappa shape index (κ1) is 31.7. The van der Waals surface area contributed by atoms with Crippen molar-refractivity contribution in [3.63, 3.8) is 0 Å². The Morgan fingerprint density at radius 1 is 0.636 bits per heavy atom. The molecule has 0 unspecified atom stereocenters. The summed E-state index contributed by atoms with van der Waals surface area (Å²) in [5, 5.41) is 8.43. The second-order valence-corrected chi connectivity index (χ2v) is 14.8. The second-order valence-electron chi connectivity index (χ2n) is 14.8. The van der Waals surface area contributed by atoms with Gasteiger partial charge in [0.25, 0.3) is 0 Å². The highest BCUT2D eigenvalue weighted by Crippen LogP contribution is 2.46. The Morgan fingerprint density at radius 3 is 2.16 bits per heavy atom. The average molecular weight is 708 g/mol. The summed E-state index contributed by atoms with van der Waals surface area (Å²) in [5.41, 5.74) is 13.9. The maximum absolute atomic E-state index is 6.51. The van der Waals surface area contributed by atoms with Crippen LogP contribution in [-0.4, -0.2) is 14.5 Å². The lowest BCUT2D eigenvalue weighted by molar-refractivity contribution is 0.666. The molecular weight excluding hydrogens is 671 g/mol. The maximum Gasteiger partial charge on any atom is 0.138 e. The fourth-order valence-electron chi connectivity index (χ4n) is 9.05. The van der Waals surface area contributed by atoms with Gasteiger partial charge in [-0.2, -0.15) is 0 Å². The zero-order valence-corrected chi connectivity index (χ0v) is 30.6. The quantitative estimate of drug-likeness (QED) is 0.162. The molecule has 4 heteroatoms. The van der Waals surface area contributed by atoms with Gasteiger partial charge in [0.05, 0.1) is 16.6 Å². The predicted molar refractivity (Wildman–Crippen MR) is 229 cm³/mol. The smallest absolute Gasteiger partial charge is 0.138 e. The van der Waals surface area contributed by atoms with Crippen LogP contribution >= 0.6 is 0 Å². The molecule has 3 aromatic heterocycles. The number of nitrogens with zero attached hydrogens (tertiary/aromatic N) is 3. The Bertz CT molecular complexity index is 3160. The molecule has 3 heterocycles. The highest BCUT2D eigenvalue weighted by molar-refractivity contribution is 6.20. The van der Waals surface area contributed by atoms with Crippen LogP contribution in [-0.2, 0) is 6.42 Å². The van der Waals surface area contributed by atoms with Crippen LogP contribution in [0.15, 0.2) is 168 Å². The van der Waals surface area contributed by atoms with Gasteiger partial charge in [-0.3, -0.25) is 9.55 Å². The van der Waals surface area contributed by atoms with E-state index >= 15 is 0 Å². The Kier molecular flexibility index (Phi) is 7.31. The largest absolute Gasteiger partial charge is 0.456 e. The lowest BCUT2D eigenvalue weighted by Gasteiger charge is -2.21. The standard InChI is InChI=1S/C51H37N3O/c1-32-27-36(29-43-42-31-45-34(15-12-26-52-45)30-47(42)55-51(32)43)50-40-20-7-5-18-38(40)49(39-19-6-8-21-41(39)50)35-14-11-13-33(28-35)24-25-48-53-44-22-9-10-23-46(44)54(48)37-16-3-2-4-17-37/h2-10,12-13,15-23,26-31H,11,14,24-25H2,1H3. The van der Waals surface area contributed by atoms with E-state index < -0.39 is 0 Å². The minimum Gasteiger partial charge on any atom is -0.456 e. The van der Waals surface area contributed by atoms with Crippen molar-refractivity contribution in [2.24, 2.45) is 0 Å². The van der Waals surface area contributed by atoms with Gasteiger partial charge in [-0.25, -0.2) is 4.98 Å². The summed E-state index contributed by atoms with van der Waals surface area (Å²) in [7, 11) is 0. The van der Waals surface area contributed by atoms with E-state index in [4.69, 9.17) is 9.40 Å². The zero-order chi connectivity index (χ0) is 36.5. The van der Waals surface area contributed by atoms with Crippen molar-refractivity contribution < 1.29 is 4.42 Å². The van der Waals surface area contributed by atoms with Gasteiger partial charge in [-0.1, -0.05) is 103 Å². The fraction of sp³-hybridized carbons (Fsp3) is 0.0980. The molecule has 0 amide bonds. The van der Waals surface area contributed by atoms with Crippen LogP contribution in [0.3, 0.4) is 0 Å². The van der Waals surface area contributed by atoms with E-state index in [9.17, 15) is 0 Å². The van der Waals surface area contributed by atoms with Crippen LogP contribution < -0.4 is 0 Å². The van der Waals surface area contributed by atoms with Crippen LogP contribution in [0, 0.1) is 6.92 Å². The molecule has 0 aliphatic heterocycles. The van der Waals surface area contributed by atoms with E-state index in [-0.39, 0.29) is 0 Å². The number of para-hydroxylation sites is 3. The average Bonchev–Trinajstić information content (AvgIpc) is 3.79. The lowest BCUT2D eigenvalue weighted by Crippen LogP contribution is -2.03. The number of aryl methyl sites for hydroxylation is 2. The van der Waals surface area contributed by atoms with Crippen molar-refractivity contribution in [1.82, 2.24) is 14.5 Å². The molecule has 10 aromatic rings. The SMILES string of the molecule is Cc1cc(-c2c3ccccc3c(C3=CC(CCc4nc5ccccc5n4-c4ccccc4)=CCC3)c3ccccc23)cc2c1oc1cc3cccnc3cc12. The zero-order valence-electron chi connectivity index (χ0n) is 30.6. The van der Waals surface area contributed by atoms with Crippen molar-refractivity contribution in [3.8, 4) is 16.8 Å². The van der Waals surface area contributed by atoms with Gasteiger partial charge < -0.3 is 4.42 Å². The molecule has 262 valence electrons. The highest BCUT2D eigenvalue weighted by atomic mass is 16.3. The van der Waals surface area contributed by atoms with E-state index in [0.29, 0.717) is 0 Å². The van der Waals surface area contributed by atoms with E-state index in [1.54, 1.807) is 0 Å². The van der Waals surface area contributed by atoms with Gasteiger partial charge >= 0.3 is 0 Å². The first-order chi connectivity index (χ1) is 27.2. The number of hydrogen-bond acceptors (Lipinski definition) is 3. The molecule has 1 aliphatic rings. The number of aromatic nitrogens is 3. The van der Waals surface area contributed by atoms with Gasteiger partial charge in [0.1, 0.15) is 17.0 Å². The van der Waals surface area contributed by atoms with Crippen molar-refractivity contribution in [3.05, 3.63) is 180 Å². The number of rotatable bonds is 6. The van der Waals surface area contributed by atoms with Crippen molar-refractivity contribution in [2.75, 3.05) is 0 Å². The van der Waals surface area contributed by atoms with E-state index in [1.807, 2.05) is 12.3 Å². The highest BCUT2D eigenvalue weighted by Gasteiger charge is 2.21. The third-order valence-corrected chi connectivity index (χ3v) is 11.5. The first-order valence-corrected chi connectivity index (χ1v) is 19.3. The normalized spacial score (nSPS) is 13.4. The lowest BCUT2D eigenvalue weighted by atomic mass is 9.82. The number of pyridine rings is 1. The van der Waals surface area contributed by atoms with Gasteiger partial charge in [-0.15, -0.1) is 0 Å². The molecule has 0 radical (unpaired) electrons. The summed E-state index contributed by atoms with van der Waals surface area (Å²) < 4.78 is 8.84. The third kappa shape index (κ3) is 5.20. The molecule has 7 aromatic carbocycles. The molecular formula is C51H37N3O. The van der Waals surface area contributed by atoms with Crippen LogP contribution in [0.5, 0.6) is 0 Å². The second kappa shape index (κ2) is 12.7. The molecule has 55 heavy (non-hydrogen) atoms. The number of imidazole rings is 1. The molecule has 11 rings (SSSR count). The van der Waals surface area contributed by atoms with Crippen LogP contribution in [0.1, 0.15) is 36.2 Å². The number of benzene rings is 7. The number of fused-ring (bicyclic) bond motifs is 7. The van der Waals surface area contributed by atoms with Gasteiger partial charge in [0.15, 0.2) is 0 Å². The number of hydrogen-bond donors (Lipinski definition) is 0. The number of furan rings is 1. The van der Waals surface area contributed by atoms with E-state index in [0.717, 1.165) is 86.6 Å². The van der Waals surface area contributed by atoms with Gasteiger partial charge in [0.2, 0.25) is 0 Å². The minimum absolute atomic E-state index is 0.857. The summed E-state index contributed by atoms with van der Waals surface area (Å²) >= 11 is 0. The fourth-order valence-corrected chi connectivity index (χ4v) is 9.05. The Morgan fingerprint density at radius 2 is 1.36 bits per heavy atom. The molecule has 4 nitrogen and oxygen atoms in total. The first-order valence-electron chi connectivity index (χ1n) is 19.3. The van der Waals surface area contributed by atoms with Crippen molar-refractivity contribution >= 4 is 71.0 Å². The molecule has 1 aliphatic carbocycles. The summed E-state index contributed by atoms with van der Waals surface area (Å²) in [6.07, 6.45) is 10.6. The van der Waals surface area contributed by atoms with Gasteiger partial charge in [-0.05, 0) is 130 Å². The summed E-state index contributed by atoms with van der Waals surface area (Å²) in [6.45, 7) is 2.17. The minimum atomic E-state index is 0.857. The molecule has 0 fully saturated rings. The topological polar surface area (TPSA) is 43.9 Å². The van der Waals surface area contributed by atoms with E-state index in [2.05, 4.69) is 162 Å². The molecule has 0 saturated heterocycles. The van der Waals surface area contributed by atoms with Crippen LogP contribution in [0.4, 0.5) is 0 Å². The molecule has 0 spiro atoms. The van der Waals surface area contributed by atoms with Crippen molar-refractivity contribution in [1.29, 1.82) is 0 Å². The maximum atomic E-state index is 6.51. The van der Waals surface area contributed by atoms with Crippen molar-refractivity contribution in [2.45, 2.75) is 32.6 Å².